The van der Waals surface area contributed by atoms with E-state index in [9.17, 15) is 14.7 Å². The van der Waals surface area contributed by atoms with Crippen molar-refractivity contribution in [3.05, 3.63) is 68.6 Å². The van der Waals surface area contributed by atoms with Gasteiger partial charge < -0.3 is 19.1 Å². The number of allylic oxidation sites excluding steroid dienone is 1. The van der Waals surface area contributed by atoms with E-state index in [-0.39, 0.29) is 23.8 Å². The zero-order chi connectivity index (χ0) is 19.7. The molecule has 148 valence electrons. The molecule has 1 N–H and O–H groups in total. The van der Waals surface area contributed by atoms with E-state index in [1.807, 2.05) is 4.57 Å². The first-order valence-electron chi connectivity index (χ1n) is 10.2. The predicted molar refractivity (Wildman–Crippen MR) is 106 cm³/mol. The lowest BCUT2D eigenvalue weighted by Gasteiger charge is -2.32. The first-order chi connectivity index (χ1) is 14.1. The van der Waals surface area contributed by atoms with Crippen molar-refractivity contribution in [2.24, 2.45) is 0 Å². The van der Waals surface area contributed by atoms with Gasteiger partial charge in [-0.3, -0.25) is 4.79 Å². The highest BCUT2D eigenvalue weighted by molar-refractivity contribution is 6.00. The zero-order valence-electron chi connectivity index (χ0n) is 15.9. The molecule has 29 heavy (non-hydrogen) atoms. The van der Waals surface area contributed by atoms with Gasteiger partial charge in [0.05, 0.1) is 12.1 Å². The highest BCUT2D eigenvalue weighted by Crippen LogP contribution is 2.50. The SMILES string of the molecule is O=C(O)c1cn2c(cc1=O)C1=C(c3ccc(C4CCCO4)cc3C1)[C@H]1OCC[C@H]12. The summed E-state index contributed by atoms with van der Waals surface area (Å²) in [5.41, 5.74) is 6.11. The number of pyridine rings is 1. The Balaban J connectivity index is 1.50. The van der Waals surface area contributed by atoms with Gasteiger partial charge in [-0.25, -0.2) is 4.79 Å². The van der Waals surface area contributed by atoms with Crippen molar-refractivity contribution in [2.75, 3.05) is 13.2 Å². The van der Waals surface area contributed by atoms with Gasteiger partial charge in [0.2, 0.25) is 0 Å². The number of carboxylic acid groups (broad SMARTS) is 1. The standard InChI is InChI=1S/C23H21NO5/c25-19-10-18-15-9-13-8-12(20-2-1-6-28-20)3-4-14(13)21(15)22-17(5-7-29-22)24(18)11-16(19)23(26)27/h3-4,8,10-11,17,20,22H,1-2,5-7,9H2,(H,26,27)/t17-,20?,22+/m1/s1. The number of hydrogen-bond donors (Lipinski definition) is 1. The molecule has 3 aliphatic heterocycles. The molecular formula is C23H21NO5. The van der Waals surface area contributed by atoms with Crippen LogP contribution in [0.4, 0.5) is 0 Å². The number of ether oxygens (including phenoxy) is 2. The summed E-state index contributed by atoms with van der Waals surface area (Å²) >= 11 is 0. The van der Waals surface area contributed by atoms with Gasteiger partial charge in [0.25, 0.3) is 0 Å². The second-order valence-electron chi connectivity index (χ2n) is 8.28. The monoisotopic (exact) mass is 391 g/mol. The van der Waals surface area contributed by atoms with E-state index in [2.05, 4.69) is 18.2 Å². The molecule has 1 aromatic heterocycles. The van der Waals surface area contributed by atoms with Crippen molar-refractivity contribution in [1.29, 1.82) is 0 Å². The number of fused-ring (bicyclic) bond motifs is 7. The average molecular weight is 391 g/mol. The first-order valence-corrected chi connectivity index (χ1v) is 10.2. The highest BCUT2D eigenvalue weighted by atomic mass is 16.5. The van der Waals surface area contributed by atoms with Crippen molar-refractivity contribution in [3.8, 4) is 0 Å². The lowest BCUT2D eigenvalue weighted by atomic mass is 9.89. The molecule has 1 aliphatic carbocycles. The normalized spacial score (nSPS) is 26.8. The summed E-state index contributed by atoms with van der Waals surface area (Å²) in [7, 11) is 0. The largest absolute Gasteiger partial charge is 0.477 e. The van der Waals surface area contributed by atoms with Gasteiger partial charge in [0.15, 0.2) is 5.43 Å². The quantitative estimate of drug-likeness (QED) is 0.851. The van der Waals surface area contributed by atoms with Gasteiger partial charge in [-0.2, -0.15) is 0 Å². The maximum atomic E-state index is 12.4. The molecule has 0 spiro atoms. The minimum Gasteiger partial charge on any atom is -0.477 e. The fourth-order valence-corrected chi connectivity index (χ4v) is 5.43. The Hall–Kier alpha value is -2.70. The van der Waals surface area contributed by atoms with Crippen LogP contribution in [0.3, 0.4) is 0 Å². The van der Waals surface area contributed by atoms with E-state index in [1.165, 1.54) is 34.5 Å². The van der Waals surface area contributed by atoms with Crippen LogP contribution in [0.25, 0.3) is 11.1 Å². The summed E-state index contributed by atoms with van der Waals surface area (Å²) in [6.07, 6.45) is 5.25. The molecule has 6 nitrogen and oxygen atoms in total. The predicted octanol–water partition coefficient (Wildman–Crippen LogP) is 3.21. The number of aromatic nitrogens is 1. The summed E-state index contributed by atoms with van der Waals surface area (Å²) in [5, 5.41) is 9.40. The molecule has 6 rings (SSSR count). The van der Waals surface area contributed by atoms with E-state index in [1.54, 1.807) is 0 Å². The Morgan fingerprint density at radius 1 is 1.14 bits per heavy atom. The van der Waals surface area contributed by atoms with Crippen molar-refractivity contribution < 1.29 is 19.4 Å². The maximum absolute atomic E-state index is 12.4. The number of hydrogen-bond acceptors (Lipinski definition) is 4. The average Bonchev–Trinajstić information content (AvgIpc) is 3.45. The Bertz CT molecular complexity index is 1140. The summed E-state index contributed by atoms with van der Waals surface area (Å²) in [4.78, 5) is 24.0. The van der Waals surface area contributed by atoms with Crippen LogP contribution in [0.1, 0.15) is 64.2 Å². The molecule has 1 unspecified atom stereocenters. The number of benzene rings is 1. The molecule has 4 heterocycles. The van der Waals surface area contributed by atoms with Gasteiger partial charge >= 0.3 is 5.97 Å². The molecule has 2 fully saturated rings. The fourth-order valence-electron chi connectivity index (χ4n) is 5.43. The molecule has 6 heteroatoms. The third kappa shape index (κ3) is 2.42. The minimum atomic E-state index is -1.18. The minimum absolute atomic E-state index is 0.0197. The molecule has 0 bridgehead atoms. The Kier molecular flexibility index (Phi) is 3.64. The Morgan fingerprint density at radius 2 is 2.03 bits per heavy atom. The number of rotatable bonds is 2. The van der Waals surface area contributed by atoms with Gasteiger partial charge in [-0.1, -0.05) is 18.2 Å². The highest BCUT2D eigenvalue weighted by Gasteiger charge is 2.43. The number of carbonyl (C=O) groups is 1. The van der Waals surface area contributed by atoms with Gasteiger partial charge in [-0.15, -0.1) is 0 Å². The summed E-state index contributed by atoms with van der Waals surface area (Å²) in [6.45, 7) is 1.44. The lowest BCUT2D eigenvalue weighted by Crippen LogP contribution is -2.31. The van der Waals surface area contributed by atoms with Crippen LogP contribution in [0.5, 0.6) is 0 Å². The topological polar surface area (TPSA) is 77.8 Å². The van der Waals surface area contributed by atoms with Crippen LogP contribution < -0.4 is 5.43 Å². The van der Waals surface area contributed by atoms with Crippen LogP contribution in [0, 0.1) is 0 Å². The second-order valence-corrected chi connectivity index (χ2v) is 8.28. The molecular weight excluding hydrogens is 370 g/mol. The molecule has 2 aromatic rings. The fraction of sp³-hybridized carbons (Fsp3) is 0.391. The van der Waals surface area contributed by atoms with Crippen LogP contribution in [-0.4, -0.2) is 35.0 Å². The van der Waals surface area contributed by atoms with Gasteiger partial charge in [0.1, 0.15) is 11.7 Å². The molecule has 0 saturated carbocycles. The Morgan fingerprint density at radius 3 is 2.83 bits per heavy atom. The van der Waals surface area contributed by atoms with Crippen LogP contribution in [0.2, 0.25) is 0 Å². The number of nitrogens with zero attached hydrogens (tertiary/aromatic N) is 1. The number of aromatic carboxylic acids is 1. The van der Waals surface area contributed by atoms with E-state index < -0.39 is 11.4 Å². The van der Waals surface area contributed by atoms with Crippen molar-refractivity contribution in [3.63, 3.8) is 0 Å². The van der Waals surface area contributed by atoms with Crippen LogP contribution in [0.15, 0.2) is 35.3 Å². The van der Waals surface area contributed by atoms with E-state index >= 15 is 0 Å². The summed E-state index contributed by atoms with van der Waals surface area (Å²) in [5.74, 6) is -1.18. The molecule has 4 aliphatic rings. The van der Waals surface area contributed by atoms with Crippen LogP contribution in [-0.2, 0) is 15.9 Å². The van der Waals surface area contributed by atoms with E-state index in [0.717, 1.165) is 43.6 Å². The smallest absolute Gasteiger partial charge is 0.341 e. The summed E-state index contributed by atoms with van der Waals surface area (Å²) in [6, 6.07) is 8.09. The van der Waals surface area contributed by atoms with Crippen LogP contribution >= 0.6 is 0 Å². The number of carboxylic acids is 1. The maximum Gasteiger partial charge on any atom is 0.341 e. The molecule has 3 atom stereocenters. The summed E-state index contributed by atoms with van der Waals surface area (Å²) < 4.78 is 13.9. The van der Waals surface area contributed by atoms with E-state index in [0.29, 0.717) is 6.61 Å². The molecule has 2 saturated heterocycles. The molecule has 1 aromatic carbocycles. The van der Waals surface area contributed by atoms with Gasteiger partial charge in [0, 0.05) is 37.6 Å². The van der Waals surface area contributed by atoms with Gasteiger partial charge in [-0.05, 0) is 47.1 Å². The zero-order valence-corrected chi connectivity index (χ0v) is 15.9. The third-order valence-corrected chi connectivity index (χ3v) is 6.73. The van der Waals surface area contributed by atoms with E-state index in [4.69, 9.17) is 9.47 Å². The lowest BCUT2D eigenvalue weighted by molar-refractivity contribution is 0.0693. The molecule has 0 radical (unpaired) electrons. The van der Waals surface area contributed by atoms with Crippen molar-refractivity contribution in [2.45, 2.75) is 43.9 Å². The second kappa shape index (κ2) is 6.15. The van der Waals surface area contributed by atoms with Crippen molar-refractivity contribution >= 4 is 17.1 Å². The first kappa shape index (κ1) is 17.2. The third-order valence-electron chi connectivity index (χ3n) is 6.73. The Labute approximate surface area is 167 Å². The molecule has 0 amide bonds. The van der Waals surface area contributed by atoms with Crippen molar-refractivity contribution in [1.82, 2.24) is 4.57 Å².